The lowest BCUT2D eigenvalue weighted by Crippen LogP contribution is -2.41. The van der Waals surface area contributed by atoms with E-state index >= 15 is 0 Å². The van der Waals surface area contributed by atoms with Crippen molar-refractivity contribution in [2.75, 3.05) is 31.6 Å². The van der Waals surface area contributed by atoms with Gasteiger partial charge in [0.1, 0.15) is 0 Å². The van der Waals surface area contributed by atoms with Gasteiger partial charge in [-0.2, -0.15) is 13.2 Å². The number of anilines is 1. The number of nitrogens with zero attached hydrogens (tertiary/aromatic N) is 2. The lowest BCUT2D eigenvalue weighted by Gasteiger charge is -2.27. The minimum absolute atomic E-state index is 0.179. The van der Waals surface area contributed by atoms with Gasteiger partial charge in [0.15, 0.2) is 12.1 Å². The fraction of sp³-hybridized carbons (Fsp3) is 0.353. The third kappa shape index (κ3) is 4.11. The number of morpholine rings is 1. The summed E-state index contributed by atoms with van der Waals surface area (Å²) in [5.41, 5.74) is 0.343. The SMILES string of the molecule is Cc1ccc(NC(=O)c2ncoc2C(F)(F)F)cc1C(=O)N1CCOCC1. The van der Waals surface area contributed by atoms with Crippen LogP contribution in [0, 0.1) is 6.92 Å². The summed E-state index contributed by atoms with van der Waals surface area (Å²) >= 11 is 0. The van der Waals surface area contributed by atoms with Crippen LogP contribution in [-0.2, 0) is 10.9 Å². The second-order valence-corrected chi connectivity index (χ2v) is 5.92. The van der Waals surface area contributed by atoms with Crippen LogP contribution in [-0.4, -0.2) is 48.0 Å². The van der Waals surface area contributed by atoms with E-state index in [2.05, 4.69) is 14.7 Å². The molecule has 0 saturated carbocycles. The van der Waals surface area contributed by atoms with Crippen molar-refractivity contribution in [1.82, 2.24) is 9.88 Å². The first-order valence-corrected chi connectivity index (χ1v) is 8.07. The van der Waals surface area contributed by atoms with Crippen LogP contribution in [0.2, 0.25) is 0 Å². The minimum atomic E-state index is -4.84. The van der Waals surface area contributed by atoms with Crippen molar-refractivity contribution < 1.29 is 31.9 Å². The molecular weight excluding hydrogens is 367 g/mol. The molecule has 2 amide bonds. The molecule has 3 rings (SSSR count). The third-order valence-corrected chi connectivity index (χ3v) is 4.06. The van der Waals surface area contributed by atoms with E-state index in [-0.39, 0.29) is 11.6 Å². The number of halogens is 3. The van der Waals surface area contributed by atoms with E-state index in [4.69, 9.17) is 4.74 Å². The number of carbonyl (C=O) groups is 2. The maximum absolute atomic E-state index is 12.8. The first kappa shape index (κ1) is 18.9. The Kier molecular flexibility index (Phi) is 5.17. The molecule has 1 fully saturated rings. The van der Waals surface area contributed by atoms with Gasteiger partial charge in [0.25, 0.3) is 11.8 Å². The molecule has 0 bridgehead atoms. The second-order valence-electron chi connectivity index (χ2n) is 5.92. The number of rotatable bonds is 3. The maximum Gasteiger partial charge on any atom is 0.452 e. The second kappa shape index (κ2) is 7.39. The van der Waals surface area contributed by atoms with E-state index in [0.29, 0.717) is 43.8 Å². The molecule has 0 spiro atoms. The number of hydrogen-bond donors (Lipinski definition) is 1. The van der Waals surface area contributed by atoms with E-state index in [9.17, 15) is 22.8 Å². The number of ether oxygens (including phenoxy) is 1. The summed E-state index contributed by atoms with van der Waals surface area (Å²) in [7, 11) is 0. The molecule has 27 heavy (non-hydrogen) atoms. The molecule has 1 saturated heterocycles. The summed E-state index contributed by atoms with van der Waals surface area (Å²) in [6.07, 6.45) is -4.28. The number of aromatic nitrogens is 1. The van der Waals surface area contributed by atoms with Crippen LogP contribution in [0.25, 0.3) is 0 Å². The van der Waals surface area contributed by atoms with Crippen molar-refractivity contribution in [3.8, 4) is 0 Å². The number of carbonyl (C=O) groups excluding carboxylic acids is 2. The van der Waals surface area contributed by atoms with Gasteiger partial charge in [-0.15, -0.1) is 0 Å². The topological polar surface area (TPSA) is 84.7 Å². The molecule has 0 atom stereocenters. The predicted octanol–water partition coefficient (Wildman–Crippen LogP) is 2.73. The smallest absolute Gasteiger partial charge is 0.438 e. The van der Waals surface area contributed by atoms with Crippen LogP contribution >= 0.6 is 0 Å². The molecule has 0 unspecified atom stereocenters. The molecule has 1 aromatic heterocycles. The Morgan fingerprint density at radius 2 is 1.93 bits per heavy atom. The highest BCUT2D eigenvalue weighted by Gasteiger charge is 2.40. The Hall–Kier alpha value is -2.88. The zero-order valence-electron chi connectivity index (χ0n) is 14.3. The standard InChI is InChI=1S/C17H16F3N3O4/c1-10-2-3-11(8-12(10)16(25)23-4-6-26-7-5-23)22-15(24)13-14(17(18,19)20)27-9-21-13/h2-3,8-9H,4-7H2,1H3,(H,22,24). The first-order valence-electron chi connectivity index (χ1n) is 8.07. The van der Waals surface area contributed by atoms with Gasteiger partial charge in [0, 0.05) is 24.3 Å². The maximum atomic E-state index is 12.8. The fourth-order valence-electron chi connectivity index (χ4n) is 2.67. The van der Waals surface area contributed by atoms with Crippen LogP contribution < -0.4 is 5.32 Å². The summed E-state index contributed by atoms with van der Waals surface area (Å²) in [5, 5.41) is 2.33. The van der Waals surface area contributed by atoms with E-state index in [1.54, 1.807) is 17.9 Å². The highest BCUT2D eigenvalue weighted by Crippen LogP contribution is 2.32. The predicted molar refractivity (Wildman–Crippen MR) is 87.4 cm³/mol. The van der Waals surface area contributed by atoms with E-state index in [1.165, 1.54) is 12.1 Å². The van der Waals surface area contributed by atoms with Gasteiger partial charge in [-0.25, -0.2) is 4.98 Å². The Bertz CT molecular complexity index is 857. The molecule has 1 aliphatic heterocycles. The Morgan fingerprint density at radius 3 is 2.59 bits per heavy atom. The van der Waals surface area contributed by atoms with Crippen molar-refractivity contribution in [1.29, 1.82) is 0 Å². The lowest BCUT2D eigenvalue weighted by atomic mass is 10.1. The quantitative estimate of drug-likeness (QED) is 0.881. The first-order chi connectivity index (χ1) is 12.8. The number of alkyl halides is 3. The minimum Gasteiger partial charge on any atom is -0.438 e. The average Bonchev–Trinajstić information content (AvgIpc) is 3.14. The van der Waals surface area contributed by atoms with Gasteiger partial charge in [-0.05, 0) is 24.6 Å². The monoisotopic (exact) mass is 383 g/mol. The van der Waals surface area contributed by atoms with E-state index in [1.807, 2.05) is 0 Å². The molecule has 10 heteroatoms. The number of oxazole rings is 1. The van der Waals surface area contributed by atoms with Crippen molar-refractivity contribution in [2.45, 2.75) is 13.1 Å². The Morgan fingerprint density at radius 1 is 1.22 bits per heavy atom. The number of hydrogen-bond acceptors (Lipinski definition) is 5. The van der Waals surface area contributed by atoms with E-state index < -0.39 is 23.5 Å². The molecular formula is C17H16F3N3O4. The Labute approximate surface area is 152 Å². The van der Waals surface area contributed by atoms with Crippen LogP contribution in [0.15, 0.2) is 29.0 Å². The molecule has 2 aromatic rings. The number of benzene rings is 1. The Balaban J connectivity index is 1.81. The molecule has 1 N–H and O–H groups in total. The largest absolute Gasteiger partial charge is 0.452 e. The van der Waals surface area contributed by atoms with Gasteiger partial charge >= 0.3 is 6.18 Å². The van der Waals surface area contributed by atoms with Crippen LogP contribution in [0.4, 0.5) is 18.9 Å². The van der Waals surface area contributed by atoms with Crippen molar-refractivity contribution >= 4 is 17.5 Å². The number of aryl methyl sites for hydroxylation is 1. The molecule has 0 aliphatic carbocycles. The van der Waals surface area contributed by atoms with E-state index in [0.717, 1.165) is 0 Å². The molecule has 1 aromatic carbocycles. The zero-order valence-corrected chi connectivity index (χ0v) is 14.3. The average molecular weight is 383 g/mol. The highest BCUT2D eigenvalue weighted by molar-refractivity contribution is 6.04. The summed E-state index contributed by atoms with van der Waals surface area (Å²) < 4.78 is 48.0. The number of amides is 2. The number of nitrogens with one attached hydrogen (secondary N) is 1. The third-order valence-electron chi connectivity index (χ3n) is 4.06. The molecule has 2 heterocycles. The molecule has 1 aliphatic rings. The van der Waals surface area contributed by atoms with Gasteiger partial charge in [0.05, 0.1) is 13.2 Å². The van der Waals surface area contributed by atoms with Crippen molar-refractivity contribution in [2.24, 2.45) is 0 Å². The zero-order chi connectivity index (χ0) is 19.6. The van der Waals surface area contributed by atoms with Crippen LogP contribution in [0.1, 0.15) is 32.2 Å². The molecule has 7 nitrogen and oxygen atoms in total. The normalized spacial score (nSPS) is 14.9. The van der Waals surface area contributed by atoms with Gasteiger partial charge < -0.3 is 19.4 Å². The molecule has 0 radical (unpaired) electrons. The van der Waals surface area contributed by atoms with Gasteiger partial charge in [0.2, 0.25) is 5.76 Å². The van der Waals surface area contributed by atoms with Crippen molar-refractivity contribution in [3.05, 3.63) is 47.2 Å². The van der Waals surface area contributed by atoms with Crippen molar-refractivity contribution in [3.63, 3.8) is 0 Å². The summed E-state index contributed by atoms with van der Waals surface area (Å²) in [5.74, 6) is -2.79. The lowest BCUT2D eigenvalue weighted by molar-refractivity contribution is -0.153. The highest BCUT2D eigenvalue weighted by atomic mass is 19.4. The van der Waals surface area contributed by atoms with Gasteiger partial charge in [-0.3, -0.25) is 9.59 Å². The van der Waals surface area contributed by atoms with Crippen LogP contribution in [0.3, 0.4) is 0 Å². The van der Waals surface area contributed by atoms with Gasteiger partial charge in [-0.1, -0.05) is 6.07 Å². The summed E-state index contributed by atoms with van der Waals surface area (Å²) in [6, 6.07) is 4.53. The molecule has 144 valence electrons. The summed E-state index contributed by atoms with van der Waals surface area (Å²) in [6.45, 7) is 3.51. The van der Waals surface area contributed by atoms with Crippen LogP contribution in [0.5, 0.6) is 0 Å². The fourth-order valence-corrected chi connectivity index (χ4v) is 2.67. The summed E-state index contributed by atoms with van der Waals surface area (Å²) in [4.78, 5) is 29.8.